The largest absolute Gasteiger partial charge is 0.497 e. The summed E-state index contributed by atoms with van der Waals surface area (Å²) in [5.74, 6) is 1.43. The van der Waals surface area contributed by atoms with Gasteiger partial charge in [-0.25, -0.2) is 8.42 Å². The Bertz CT molecular complexity index is 1490. The number of ether oxygens (including phenoxy) is 2. The van der Waals surface area contributed by atoms with Crippen LogP contribution in [0.4, 0.5) is 11.4 Å². The molecular formula is C30H34N4O5S. The second-order valence-electron chi connectivity index (χ2n) is 9.28. The van der Waals surface area contributed by atoms with Gasteiger partial charge in [-0.15, -0.1) is 0 Å². The van der Waals surface area contributed by atoms with Gasteiger partial charge in [-0.3, -0.25) is 19.4 Å². The van der Waals surface area contributed by atoms with Crippen LogP contribution in [0.1, 0.15) is 28.4 Å². The molecule has 0 aromatic heterocycles. The normalized spacial score (nSPS) is 14.2. The molecule has 10 heteroatoms. The van der Waals surface area contributed by atoms with Crippen molar-refractivity contribution in [3.8, 4) is 11.5 Å². The molecular weight excluding hydrogens is 528 g/mol. The topological polar surface area (TPSA) is 101 Å². The predicted octanol–water partition coefficient (Wildman–Crippen LogP) is 4.83. The van der Waals surface area contributed by atoms with Gasteiger partial charge in [-0.1, -0.05) is 30.4 Å². The number of nitrogens with one attached hydrogen (secondary N) is 1. The van der Waals surface area contributed by atoms with Crippen LogP contribution >= 0.6 is 0 Å². The van der Waals surface area contributed by atoms with Crippen LogP contribution in [0.2, 0.25) is 0 Å². The average molecular weight is 563 g/mol. The fourth-order valence-corrected chi connectivity index (χ4v) is 5.90. The molecule has 1 N–H and O–H groups in total. The Labute approximate surface area is 235 Å². The van der Waals surface area contributed by atoms with Crippen molar-refractivity contribution in [2.24, 2.45) is 4.99 Å². The van der Waals surface area contributed by atoms with E-state index in [-0.39, 0.29) is 16.5 Å². The zero-order chi connectivity index (χ0) is 28.7. The number of amides is 1. The van der Waals surface area contributed by atoms with E-state index >= 15 is 0 Å². The van der Waals surface area contributed by atoms with Crippen LogP contribution in [0.5, 0.6) is 11.5 Å². The highest BCUT2D eigenvalue weighted by atomic mass is 32.2. The van der Waals surface area contributed by atoms with Crippen molar-refractivity contribution in [2.45, 2.75) is 18.4 Å². The minimum Gasteiger partial charge on any atom is -0.497 e. The summed E-state index contributed by atoms with van der Waals surface area (Å²) in [6.07, 6.45) is 3.58. The molecule has 0 atom stereocenters. The van der Waals surface area contributed by atoms with E-state index in [1.165, 1.54) is 6.07 Å². The standard InChI is InChI=1S/C30H34N4O5S/c1-5-7-22-8-6-9-28(29(22)31-2)40(36,37)32-25-13-10-23(11-14-25)30(35)34-18-16-33(17-19-34)21-24-12-15-26(38-3)20-27(24)39-4/h5-15,20,32H,2,16-19,21H2,1,3-4H3/b7-5-. The highest BCUT2D eigenvalue weighted by Crippen LogP contribution is 2.31. The molecule has 3 aromatic rings. The van der Waals surface area contributed by atoms with Gasteiger partial charge in [0.2, 0.25) is 0 Å². The van der Waals surface area contributed by atoms with E-state index in [4.69, 9.17) is 9.47 Å². The number of piperazine rings is 1. The number of anilines is 1. The summed E-state index contributed by atoms with van der Waals surface area (Å²) < 4.78 is 39.6. The maximum Gasteiger partial charge on any atom is 0.264 e. The van der Waals surface area contributed by atoms with Crippen LogP contribution in [0, 0.1) is 0 Å². The second kappa shape index (κ2) is 12.8. The highest BCUT2D eigenvalue weighted by molar-refractivity contribution is 7.92. The average Bonchev–Trinajstić information content (AvgIpc) is 2.97. The number of allylic oxidation sites excluding steroid dienone is 1. The summed E-state index contributed by atoms with van der Waals surface area (Å²) in [7, 11) is -0.660. The first-order valence-corrected chi connectivity index (χ1v) is 14.4. The molecule has 0 saturated carbocycles. The van der Waals surface area contributed by atoms with Crippen LogP contribution < -0.4 is 14.2 Å². The molecule has 9 nitrogen and oxygen atoms in total. The number of rotatable bonds is 10. The van der Waals surface area contributed by atoms with Crippen molar-refractivity contribution >= 4 is 40.1 Å². The minimum atomic E-state index is -3.93. The van der Waals surface area contributed by atoms with Gasteiger partial charge in [0.05, 0.1) is 19.9 Å². The second-order valence-corrected chi connectivity index (χ2v) is 10.9. The SMILES string of the molecule is C=Nc1c(/C=C\C)cccc1S(=O)(=O)Nc1ccc(C(=O)N2CCN(Cc3ccc(OC)cc3OC)CC2)cc1. The number of hydrogen-bond donors (Lipinski definition) is 1. The third kappa shape index (κ3) is 6.52. The third-order valence-corrected chi connectivity index (χ3v) is 8.17. The summed E-state index contributed by atoms with van der Waals surface area (Å²) in [4.78, 5) is 21.2. The quantitative estimate of drug-likeness (QED) is 0.356. The van der Waals surface area contributed by atoms with E-state index in [1.807, 2.05) is 36.1 Å². The molecule has 4 rings (SSSR count). The number of aliphatic imine (C=N–C) groups is 1. The maximum absolute atomic E-state index is 13.1. The van der Waals surface area contributed by atoms with Crippen molar-refractivity contribution in [1.29, 1.82) is 0 Å². The monoisotopic (exact) mass is 562 g/mol. The molecule has 0 aliphatic carbocycles. The summed E-state index contributed by atoms with van der Waals surface area (Å²) in [5.41, 5.74) is 2.85. The van der Waals surface area contributed by atoms with Crippen LogP contribution in [0.25, 0.3) is 6.08 Å². The van der Waals surface area contributed by atoms with Gasteiger partial charge in [0.1, 0.15) is 16.4 Å². The zero-order valence-electron chi connectivity index (χ0n) is 23.0. The van der Waals surface area contributed by atoms with Crippen molar-refractivity contribution in [3.05, 3.63) is 83.4 Å². The highest BCUT2D eigenvalue weighted by Gasteiger charge is 2.24. The fourth-order valence-electron chi connectivity index (χ4n) is 4.65. The number of benzene rings is 3. The van der Waals surface area contributed by atoms with Crippen molar-refractivity contribution in [3.63, 3.8) is 0 Å². The molecule has 1 heterocycles. The molecule has 0 spiro atoms. The summed E-state index contributed by atoms with van der Waals surface area (Å²) in [6, 6.07) is 17.2. The van der Waals surface area contributed by atoms with E-state index in [2.05, 4.69) is 21.3 Å². The molecule has 1 aliphatic rings. The van der Waals surface area contributed by atoms with Gasteiger partial charge in [0.15, 0.2) is 0 Å². The van der Waals surface area contributed by atoms with E-state index in [1.54, 1.807) is 56.7 Å². The fraction of sp³-hybridized carbons (Fsp3) is 0.267. The van der Waals surface area contributed by atoms with Crippen molar-refractivity contribution in [2.75, 3.05) is 45.1 Å². The Morgan fingerprint density at radius 3 is 2.38 bits per heavy atom. The van der Waals surface area contributed by atoms with Crippen LogP contribution in [-0.4, -0.2) is 71.2 Å². The summed E-state index contributed by atoms with van der Waals surface area (Å²) in [5, 5.41) is 0. The van der Waals surface area contributed by atoms with E-state index in [0.29, 0.717) is 36.4 Å². The van der Waals surface area contributed by atoms with E-state index < -0.39 is 10.0 Å². The van der Waals surface area contributed by atoms with Gasteiger partial charge in [0, 0.05) is 61.2 Å². The Balaban J connectivity index is 1.38. The maximum atomic E-state index is 13.1. The lowest BCUT2D eigenvalue weighted by atomic mass is 10.1. The summed E-state index contributed by atoms with van der Waals surface area (Å²) >= 11 is 0. The van der Waals surface area contributed by atoms with Gasteiger partial charge >= 0.3 is 0 Å². The smallest absolute Gasteiger partial charge is 0.264 e. The Hall–Kier alpha value is -4.15. The predicted molar refractivity (Wildman–Crippen MR) is 158 cm³/mol. The Morgan fingerprint density at radius 2 is 1.75 bits per heavy atom. The number of methoxy groups -OCH3 is 2. The first-order valence-electron chi connectivity index (χ1n) is 12.9. The molecule has 40 heavy (non-hydrogen) atoms. The number of carbonyl (C=O) groups is 1. The van der Waals surface area contributed by atoms with Gasteiger partial charge in [0.25, 0.3) is 15.9 Å². The number of nitrogens with zero attached hydrogens (tertiary/aromatic N) is 3. The molecule has 0 bridgehead atoms. The van der Waals surface area contributed by atoms with E-state index in [9.17, 15) is 13.2 Å². The molecule has 1 amide bonds. The third-order valence-electron chi connectivity index (χ3n) is 6.76. The molecule has 1 saturated heterocycles. The lowest BCUT2D eigenvalue weighted by molar-refractivity contribution is 0.0627. The molecule has 210 valence electrons. The molecule has 0 radical (unpaired) electrons. The number of hydrogen-bond acceptors (Lipinski definition) is 7. The van der Waals surface area contributed by atoms with Crippen LogP contribution in [-0.2, 0) is 16.6 Å². The number of carbonyl (C=O) groups excluding carboxylic acids is 1. The van der Waals surface area contributed by atoms with Gasteiger partial charge < -0.3 is 14.4 Å². The Kier molecular flexibility index (Phi) is 9.23. The number of para-hydroxylation sites is 1. The van der Waals surface area contributed by atoms with E-state index in [0.717, 1.165) is 30.2 Å². The molecule has 0 unspecified atom stereocenters. The first-order chi connectivity index (χ1) is 19.3. The molecule has 3 aromatic carbocycles. The zero-order valence-corrected chi connectivity index (χ0v) is 23.8. The lowest BCUT2D eigenvalue weighted by Crippen LogP contribution is -2.48. The molecule has 1 aliphatic heterocycles. The first kappa shape index (κ1) is 28.8. The van der Waals surface area contributed by atoms with Gasteiger partial charge in [-0.05, 0) is 50.0 Å². The minimum absolute atomic E-state index is 0.0309. The van der Waals surface area contributed by atoms with Crippen molar-refractivity contribution in [1.82, 2.24) is 9.80 Å². The molecule has 1 fully saturated rings. The number of sulfonamides is 1. The van der Waals surface area contributed by atoms with Gasteiger partial charge in [-0.2, -0.15) is 0 Å². The Morgan fingerprint density at radius 1 is 1.02 bits per heavy atom. The van der Waals surface area contributed by atoms with Crippen LogP contribution in [0.15, 0.2) is 76.6 Å². The van der Waals surface area contributed by atoms with Crippen molar-refractivity contribution < 1.29 is 22.7 Å². The summed E-state index contributed by atoms with van der Waals surface area (Å²) in [6.45, 7) is 8.73. The lowest BCUT2D eigenvalue weighted by Gasteiger charge is -2.35. The van der Waals surface area contributed by atoms with Crippen LogP contribution in [0.3, 0.4) is 0 Å².